The number of nitrogens with zero attached hydrogens (tertiary/aromatic N) is 4. The van der Waals surface area contributed by atoms with Gasteiger partial charge in [0.25, 0.3) is 0 Å². The third kappa shape index (κ3) is 4.10. The Balaban J connectivity index is 1.61. The fraction of sp³-hybridized carbons (Fsp3) is 0.750. The van der Waals surface area contributed by atoms with Crippen LogP contribution in [0.2, 0.25) is 0 Å². The summed E-state index contributed by atoms with van der Waals surface area (Å²) in [6.07, 6.45) is 4.97. The number of ether oxygens (including phenoxy) is 2. The minimum atomic E-state index is 0.00277. The monoisotopic (exact) mass is 322 g/mol. The molecule has 0 N–H and O–H groups in total. The van der Waals surface area contributed by atoms with Crippen LogP contribution in [0.15, 0.2) is 12.4 Å². The second-order valence-corrected chi connectivity index (χ2v) is 6.61. The number of imidazole rings is 1. The molecule has 2 atom stereocenters. The normalized spacial score (nSPS) is 25.1. The average molecular weight is 322 g/mol. The molecule has 7 heteroatoms. The summed E-state index contributed by atoms with van der Waals surface area (Å²) in [4.78, 5) is 20.1. The maximum Gasteiger partial charge on any atom is 0.248 e. The lowest BCUT2D eigenvalue weighted by atomic mass is 10.1. The smallest absolute Gasteiger partial charge is 0.248 e. The molecule has 1 saturated heterocycles. The van der Waals surface area contributed by atoms with Crippen molar-refractivity contribution in [3.05, 3.63) is 18.2 Å². The molecule has 0 spiro atoms. The first kappa shape index (κ1) is 16.4. The number of carbonyl (C=O) groups excluding carboxylic acids is 1. The van der Waals surface area contributed by atoms with E-state index < -0.39 is 0 Å². The van der Waals surface area contributed by atoms with Crippen LogP contribution in [-0.2, 0) is 27.4 Å². The summed E-state index contributed by atoms with van der Waals surface area (Å²) in [6, 6.07) is 0.462. The van der Waals surface area contributed by atoms with Crippen molar-refractivity contribution in [2.45, 2.75) is 25.6 Å². The van der Waals surface area contributed by atoms with Crippen LogP contribution < -0.4 is 0 Å². The van der Waals surface area contributed by atoms with E-state index in [4.69, 9.17) is 9.47 Å². The van der Waals surface area contributed by atoms with Crippen molar-refractivity contribution in [2.75, 3.05) is 47.1 Å². The molecule has 7 nitrogen and oxygen atoms in total. The van der Waals surface area contributed by atoms with E-state index in [1.165, 1.54) is 0 Å². The lowest BCUT2D eigenvalue weighted by molar-refractivity contribution is -0.134. The van der Waals surface area contributed by atoms with Gasteiger partial charge in [0.2, 0.25) is 5.91 Å². The zero-order valence-corrected chi connectivity index (χ0v) is 14.0. The van der Waals surface area contributed by atoms with Crippen LogP contribution in [0.5, 0.6) is 0 Å². The van der Waals surface area contributed by atoms with Gasteiger partial charge in [0, 0.05) is 58.1 Å². The Morgan fingerprint density at radius 3 is 3.09 bits per heavy atom. The number of amides is 1. The van der Waals surface area contributed by atoms with Gasteiger partial charge in [-0.2, -0.15) is 0 Å². The van der Waals surface area contributed by atoms with Gasteiger partial charge in [-0.05, 0) is 6.42 Å². The van der Waals surface area contributed by atoms with Crippen molar-refractivity contribution in [3.63, 3.8) is 0 Å². The largest absolute Gasteiger partial charge is 0.380 e. The van der Waals surface area contributed by atoms with E-state index in [-0.39, 0.29) is 12.5 Å². The molecular formula is C16H26N4O3. The molecule has 0 aromatic carbocycles. The van der Waals surface area contributed by atoms with Gasteiger partial charge >= 0.3 is 0 Å². The highest BCUT2D eigenvalue weighted by Gasteiger charge is 2.29. The predicted molar refractivity (Wildman–Crippen MR) is 84.9 cm³/mol. The number of rotatable bonds is 5. The second-order valence-electron chi connectivity index (χ2n) is 6.61. The Labute approximate surface area is 137 Å². The zero-order valence-electron chi connectivity index (χ0n) is 14.0. The molecule has 128 valence electrons. The maximum atomic E-state index is 11.6. The summed E-state index contributed by atoms with van der Waals surface area (Å²) in [5.74, 6) is 1.45. The van der Waals surface area contributed by atoms with Crippen LogP contribution in [0.1, 0.15) is 12.2 Å². The van der Waals surface area contributed by atoms with Gasteiger partial charge < -0.3 is 18.9 Å². The Morgan fingerprint density at radius 2 is 2.35 bits per heavy atom. The van der Waals surface area contributed by atoms with Gasteiger partial charge in [-0.1, -0.05) is 0 Å². The number of aromatic nitrogens is 2. The summed E-state index contributed by atoms with van der Waals surface area (Å²) in [7, 11) is 3.49. The molecule has 0 aliphatic carbocycles. The van der Waals surface area contributed by atoms with E-state index in [2.05, 4.69) is 14.5 Å². The number of hydrogen-bond donors (Lipinski definition) is 0. The van der Waals surface area contributed by atoms with Crippen LogP contribution in [0, 0.1) is 5.92 Å². The first-order chi connectivity index (χ1) is 11.1. The average Bonchev–Trinajstić information content (AvgIpc) is 3.16. The van der Waals surface area contributed by atoms with Gasteiger partial charge in [0.1, 0.15) is 12.4 Å². The van der Waals surface area contributed by atoms with Crippen LogP contribution in [0.3, 0.4) is 0 Å². The molecule has 2 aliphatic rings. The van der Waals surface area contributed by atoms with E-state index in [1.807, 2.05) is 12.4 Å². The topological polar surface area (TPSA) is 59.8 Å². The Kier molecular flexibility index (Phi) is 5.30. The van der Waals surface area contributed by atoms with Gasteiger partial charge in [-0.3, -0.25) is 9.69 Å². The molecule has 3 heterocycles. The Bertz CT molecular complexity index is 525. The lowest BCUT2D eigenvalue weighted by Crippen LogP contribution is -2.39. The molecule has 23 heavy (non-hydrogen) atoms. The fourth-order valence-corrected chi connectivity index (χ4v) is 3.21. The SMILES string of the molecule is CN(C)C(=O)COC[C@@H]1CN([C@H]2CCOC2)Cc2nccn2C1. The van der Waals surface area contributed by atoms with Crippen LogP contribution >= 0.6 is 0 Å². The summed E-state index contributed by atoms with van der Waals surface area (Å²) >= 11 is 0. The minimum absolute atomic E-state index is 0.00277. The van der Waals surface area contributed by atoms with Gasteiger partial charge in [0.15, 0.2) is 0 Å². The zero-order chi connectivity index (χ0) is 16.2. The highest BCUT2D eigenvalue weighted by Crippen LogP contribution is 2.21. The van der Waals surface area contributed by atoms with Crippen LogP contribution in [0.4, 0.5) is 0 Å². The maximum absolute atomic E-state index is 11.6. The molecular weight excluding hydrogens is 296 g/mol. The molecule has 0 unspecified atom stereocenters. The number of hydrogen-bond acceptors (Lipinski definition) is 5. The minimum Gasteiger partial charge on any atom is -0.380 e. The highest BCUT2D eigenvalue weighted by molar-refractivity contribution is 5.76. The van der Waals surface area contributed by atoms with Gasteiger partial charge in [-0.15, -0.1) is 0 Å². The van der Waals surface area contributed by atoms with E-state index in [0.717, 1.165) is 45.1 Å². The summed E-state index contributed by atoms with van der Waals surface area (Å²) in [5.41, 5.74) is 0. The first-order valence-corrected chi connectivity index (χ1v) is 8.23. The van der Waals surface area contributed by atoms with Crippen molar-refractivity contribution in [1.82, 2.24) is 19.4 Å². The van der Waals surface area contributed by atoms with Crippen molar-refractivity contribution >= 4 is 5.91 Å². The first-order valence-electron chi connectivity index (χ1n) is 8.23. The molecule has 3 rings (SSSR count). The summed E-state index contributed by atoms with van der Waals surface area (Å²) in [6.45, 7) is 5.06. The second kappa shape index (κ2) is 7.42. The molecule has 1 amide bonds. The van der Waals surface area contributed by atoms with Crippen LogP contribution in [-0.4, -0.2) is 78.4 Å². The predicted octanol–water partition coefficient (Wildman–Crippen LogP) is 0.209. The van der Waals surface area contributed by atoms with E-state index in [0.29, 0.717) is 18.6 Å². The van der Waals surface area contributed by atoms with Crippen LogP contribution in [0.25, 0.3) is 0 Å². The molecule has 2 aliphatic heterocycles. The lowest BCUT2D eigenvalue weighted by Gasteiger charge is -2.28. The Morgan fingerprint density at radius 1 is 1.48 bits per heavy atom. The molecule has 0 radical (unpaired) electrons. The van der Waals surface area contributed by atoms with E-state index in [9.17, 15) is 4.79 Å². The third-order valence-corrected chi connectivity index (χ3v) is 4.59. The highest BCUT2D eigenvalue weighted by atomic mass is 16.5. The van der Waals surface area contributed by atoms with Crippen molar-refractivity contribution in [2.24, 2.45) is 5.92 Å². The van der Waals surface area contributed by atoms with Gasteiger partial charge in [0.05, 0.1) is 19.8 Å². The van der Waals surface area contributed by atoms with E-state index >= 15 is 0 Å². The van der Waals surface area contributed by atoms with Crippen molar-refractivity contribution in [3.8, 4) is 0 Å². The van der Waals surface area contributed by atoms with Crippen molar-refractivity contribution < 1.29 is 14.3 Å². The number of fused-ring (bicyclic) bond motifs is 1. The van der Waals surface area contributed by atoms with E-state index in [1.54, 1.807) is 19.0 Å². The molecule has 1 fully saturated rings. The van der Waals surface area contributed by atoms with Crippen molar-refractivity contribution in [1.29, 1.82) is 0 Å². The Hall–Kier alpha value is -1.44. The third-order valence-electron chi connectivity index (χ3n) is 4.59. The molecule has 1 aromatic heterocycles. The summed E-state index contributed by atoms with van der Waals surface area (Å²) < 4.78 is 13.4. The standard InChI is InChI=1S/C16H26N4O3/c1-18(2)16(21)12-23-10-13-7-19-5-4-17-15(19)9-20(8-13)14-3-6-22-11-14/h4-5,13-14H,3,6-12H2,1-2H3/t13-,14-/m0/s1. The summed E-state index contributed by atoms with van der Waals surface area (Å²) in [5, 5.41) is 0. The molecule has 0 bridgehead atoms. The number of likely N-dealkylation sites (N-methyl/N-ethyl adjacent to an activating group) is 1. The number of carbonyl (C=O) groups is 1. The molecule has 0 saturated carbocycles. The fourth-order valence-electron chi connectivity index (χ4n) is 3.21. The quantitative estimate of drug-likeness (QED) is 0.775. The van der Waals surface area contributed by atoms with Gasteiger partial charge in [-0.25, -0.2) is 4.98 Å². The molecule has 1 aromatic rings.